The Balaban J connectivity index is 3.36. The first-order valence-corrected chi connectivity index (χ1v) is 6.41. The van der Waals surface area contributed by atoms with E-state index >= 15 is 0 Å². The Hall–Kier alpha value is -0.780. The molecule has 0 heterocycles. The fraction of sp³-hybridized carbons (Fsp3) is 0.625. The molecule has 0 aliphatic heterocycles. The lowest BCUT2D eigenvalue weighted by Gasteiger charge is -2.31. The van der Waals surface area contributed by atoms with Gasteiger partial charge in [0, 0.05) is 5.41 Å². The van der Waals surface area contributed by atoms with E-state index in [4.69, 9.17) is 0 Å². The summed E-state index contributed by atoms with van der Waals surface area (Å²) in [7, 11) is 0. The lowest BCUT2D eigenvalue weighted by atomic mass is 9.74. The zero-order valence-corrected chi connectivity index (χ0v) is 11.9. The van der Waals surface area contributed by atoms with Crippen LogP contribution in [0.4, 0.5) is 0 Å². The van der Waals surface area contributed by atoms with Crippen molar-refractivity contribution < 1.29 is 0 Å². The summed E-state index contributed by atoms with van der Waals surface area (Å²) >= 11 is 0. The highest BCUT2D eigenvalue weighted by Gasteiger charge is 2.25. The van der Waals surface area contributed by atoms with Crippen molar-refractivity contribution in [2.45, 2.75) is 54.9 Å². The summed E-state index contributed by atoms with van der Waals surface area (Å²) in [4.78, 5) is 0. The van der Waals surface area contributed by atoms with Crippen LogP contribution in [0.1, 0.15) is 54.9 Å². The van der Waals surface area contributed by atoms with Crippen LogP contribution < -0.4 is 0 Å². The monoisotopic (exact) mass is 218 g/mol. The highest BCUT2D eigenvalue weighted by atomic mass is 14.3. The Kier molecular flexibility index (Phi) is 3.83. The fourth-order valence-corrected chi connectivity index (χ4v) is 2.57. The average Bonchev–Trinajstić information content (AvgIpc) is 2.14. The minimum atomic E-state index is 0.212. The topological polar surface area (TPSA) is 0 Å². The molecule has 0 heteroatoms. The van der Waals surface area contributed by atoms with E-state index in [1.165, 1.54) is 22.3 Å². The molecule has 1 aliphatic carbocycles. The molecule has 0 amide bonds. The first kappa shape index (κ1) is 13.3. The quantitative estimate of drug-likeness (QED) is 0.591. The first-order valence-electron chi connectivity index (χ1n) is 6.41. The van der Waals surface area contributed by atoms with Crippen LogP contribution >= 0.6 is 0 Å². The maximum atomic E-state index is 2.44. The van der Waals surface area contributed by atoms with Crippen LogP contribution in [0.2, 0.25) is 0 Å². The molecular formula is C16H26. The van der Waals surface area contributed by atoms with Gasteiger partial charge < -0.3 is 0 Å². The fourth-order valence-electron chi connectivity index (χ4n) is 2.57. The lowest BCUT2D eigenvalue weighted by Crippen LogP contribution is -2.16. The third kappa shape index (κ3) is 2.66. The molecule has 1 rings (SSSR count). The van der Waals surface area contributed by atoms with Crippen molar-refractivity contribution in [3.05, 3.63) is 34.4 Å². The largest absolute Gasteiger partial charge is 0.0713 e. The van der Waals surface area contributed by atoms with Crippen LogP contribution in [0.15, 0.2) is 34.4 Å². The SMILES string of the molecule is CCC1=CC(C)(C)C=C(C(C)C)C1=C(C)C. The Morgan fingerprint density at radius 3 is 2.12 bits per heavy atom. The second kappa shape index (κ2) is 4.61. The van der Waals surface area contributed by atoms with Crippen molar-refractivity contribution in [3.63, 3.8) is 0 Å². The molecule has 0 N–H and O–H groups in total. The predicted molar refractivity (Wildman–Crippen MR) is 73.5 cm³/mol. The summed E-state index contributed by atoms with van der Waals surface area (Å²) in [6, 6.07) is 0. The maximum absolute atomic E-state index is 2.44. The Bertz CT molecular complexity index is 355. The van der Waals surface area contributed by atoms with E-state index in [1.807, 2.05) is 0 Å². The highest BCUT2D eigenvalue weighted by Crippen LogP contribution is 2.40. The number of hydrogen-bond acceptors (Lipinski definition) is 0. The molecule has 0 spiro atoms. The maximum Gasteiger partial charge on any atom is 0.00166 e. The van der Waals surface area contributed by atoms with Crippen LogP contribution in [-0.4, -0.2) is 0 Å². The summed E-state index contributed by atoms with van der Waals surface area (Å²) in [6.45, 7) is 15.9. The zero-order chi connectivity index (χ0) is 12.5. The summed E-state index contributed by atoms with van der Waals surface area (Å²) < 4.78 is 0. The van der Waals surface area contributed by atoms with E-state index in [0.717, 1.165) is 6.42 Å². The Morgan fingerprint density at radius 2 is 1.75 bits per heavy atom. The minimum Gasteiger partial charge on any atom is -0.0713 e. The van der Waals surface area contributed by atoms with Crippen molar-refractivity contribution >= 4 is 0 Å². The second-order valence-electron chi connectivity index (χ2n) is 5.97. The summed E-state index contributed by atoms with van der Waals surface area (Å²) in [5.41, 5.74) is 6.23. The molecule has 0 radical (unpaired) electrons. The summed E-state index contributed by atoms with van der Waals surface area (Å²) in [5, 5.41) is 0. The zero-order valence-electron chi connectivity index (χ0n) is 11.9. The Morgan fingerprint density at radius 1 is 1.19 bits per heavy atom. The summed E-state index contributed by atoms with van der Waals surface area (Å²) in [6.07, 6.45) is 6.01. The van der Waals surface area contributed by atoms with Gasteiger partial charge in [-0.25, -0.2) is 0 Å². The van der Waals surface area contributed by atoms with E-state index in [9.17, 15) is 0 Å². The van der Waals surface area contributed by atoms with Crippen molar-refractivity contribution in [2.24, 2.45) is 11.3 Å². The van der Waals surface area contributed by atoms with Crippen LogP contribution in [0.3, 0.4) is 0 Å². The smallest absolute Gasteiger partial charge is 0.00166 e. The number of rotatable bonds is 2. The molecule has 0 saturated heterocycles. The van der Waals surface area contributed by atoms with Crippen molar-refractivity contribution in [3.8, 4) is 0 Å². The minimum absolute atomic E-state index is 0.212. The van der Waals surface area contributed by atoms with E-state index in [0.29, 0.717) is 5.92 Å². The van der Waals surface area contributed by atoms with Crippen molar-refractivity contribution in [1.82, 2.24) is 0 Å². The van der Waals surface area contributed by atoms with Gasteiger partial charge in [-0.1, -0.05) is 52.3 Å². The number of allylic oxidation sites excluding steroid dienone is 6. The molecule has 0 aromatic carbocycles. The molecule has 0 aromatic rings. The highest BCUT2D eigenvalue weighted by molar-refractivity contribution is 5.54. The molecule has 0 unspecified atom stereocenters. The molecule has 0 saturated carbocycles. The van der Waals surface area contributed by atoms with E-state index in [2.05, 4.69) is 60.6 Å². The molecule has 16 heavy (non-hydrogen) atoms. The van der Waals surface area contributed by atoms with Crippen LogP contribution in [0, 0.1) is 11.3 Å². The third-order valence-electron chi connectivity index (χ3n) is 3.19. The molecule has 0 aromatic heterocycles. The van der Waals surface area contributed by atoms with Gasteiger partial charge >= 0.3 is 0 Å². The van der Waals surface area contributed by atoms with Gasteiger partial charge in [0.05, 0.1) is 0 Å². The van der Waals surface area contributed by atoms with E-state index < -0.39 is 0 Å². The molecular weight excluding hydrogens is 192 g/mol. The third-order valence-corrected chi connectivity index (χ3v) is 3.19. The second-order valence-corrected chi connectivity index (χ2v) is 5.97. The van der Waals surface area contributed by atoms with Gasteiger partial charge in [-0.2, -0.15) is 0 Å². The van der Waals surface area contributed by atoms with Gasteiger partial charge in [-0.15, -0.1) is 0 Å². The molecule has 0 nitrogen and oxygen atoms in total. The van der Waals surface area contributed by atoms with Crippen molar-refractivity contribution in [2.75, 3.05) is 0 Å². The lowest BCUT2D eigenvalue weighted by molar-refractivity contribution is 0.588. The normalized spacial score (nSPS) is 19.6. The van der Waals surface area contributed by atoms with Crippen LogP contribution in [0.5, 0.6) is 0 Å². The van der Waals surface area contributed by atoms with Gasteiger partial charge in [0.25, 0.3) is 0 Å². The molecule has 90 valence electrons. The van der Waals surface area contributed by atoms with E-state index in [-0.39, 0.29) is 5.41 Å². The van der Waals surface area contributed by atoms with Crippen LogP contribution in [0.25, 0.3) is 0 Å². The number of hydrogen-bond donors (Lipinski definition) is 0. The summed E-state index contributed by atoms with van der Waals surface area (Å²) in [5.74, 6) is 0.611. The van der Waals surface area contributed by atoms with Gasteiger partial charge in [0.2, 0.25) is 0 Å². The molecule has 0 bridgehead atoms. The predicted octanol–water partition coefficient (Wildman–Crippen LogP) is 5.28. The Labute approximate surface area is 101 Å². The first-order chi connectivity index (χ1) is 7.28. The standard InChI is InChI=1S/C16H26/c1-8-13-9-16(6,7)10-14(11(2)3)15(13)12(4)5/h9-11H,8H2,1-7H3. The van der Waals surface area contributed by atoms with Gasteiger partial charge in [0.15, 0.2) is 0 Å². The van der Waals surface area contributed by atoms with Crippen LogP contribution in [-0.2, 0) is 0 Å². The van der Waals surface area contributed by atoms with Gasteiger partial charge in [-0.3, -0.25) is 0 Å². The average molecular weight is 218 g/mol. The molecule has 1 aliphatic rings. The molecule has 0 atom stereocenters. The van der Waals surface area contributed by atoms with Gasteiger partial charge in [-0.05, 0) is 42.9 Å². The molecule has 0 fully saturated rings. The van der Waals surface area contributed by atoms with Crippen molar-refractivity contribution in [1.29, 1.82) is 0 Å². The van der Waals surface area contributed by atoms with E-state index in [1.54, 1.807) is 0 Å². The van der Waals surface area contributed by atoms with Gasteiger partial charge in [0.1, 0.15) is 0 Å².